The van der Waals surface area contributed by atoms with Gasteiger partial charge in [0.05, 0.1) is 15.8 Å². The number of hydrogen-bond acceptors (Lipinski definition) is 5. The van der Waals surface area contributed by atoms with Gasteiger partial charge in [0, 0.05) is 38.3 Å². The van der Waals surface area contributed by atoms with Crippen LogP contribution in [0.2, 0.25) is 0 Å². The van der Waals surface area contributed by atoms with Gasteiger partial charge in [-0.3, -0.25) is 10.1 Å². The Morgan fingerprint density at radius 2 is 1.91 bits per heavy atom. The van der Waals surface area contributed by atoms with Gasteiger partial charge in [-0.15, -0.1) is 0 Å². The van der Waals surface area contributed by atoms with Crippen molar-refractivity contribution < 1.29 is 4.92 Å². The summed E-state index contributed by atoms with van der Waals surface area (Å²) in [6, 6.07) is 9.41. The number of rotatable bonds is 2. The first-order chi connectivity index (χ1) is 10.7. The summed E-state index contributed by atoms with van der Waals surface area (Å²) in [7, 11) is 0. The highest BCUT2D eigenvalue weighted by Gasteiger charge is 2.29. The monoisotopic (exact) mass is 298 g/mol. The fourth-order valence-electron chi connectivity index (χ4n) is 3.64. The van der Waals surface area contributed by atoms with Crippen molar-refractivity contribution in [1.29, 1.82) is 0 Å². The normalized spacial score (nSPS) is 24.5. The van der Waals surface area contributed by atoms with Crippen molar-refractivity contribution in [2.45, 2.75) is 18.9 Å². The van der Waals surface area contributed by atoms with E-state index in [0.29, 0.717) is 16.9 Å². The van der Waals surface area contributed by atoms with Gasteiger partial charge in [0.2, 0.25) is 0 Å². The average molecular weight is 298 g/mol. The summed E-state index contributed by atoms with van der Waals surface area (Å²) in [5, 5.41) is 11.7. The lowest BCUT2D eigenvalue weighted by Gasteiger charge is -2.32. The lowest BCUT2D eigenvalue weighted by Crippen LogP contribution is -2.38. The van der Waals surface area contributed by atoms with E-state index in [0.717, 1.165) is 18.9 Å². The zero-order chi connectivity index (χ0) is 15.1. The van der Waals surface area contributed by atoms with Crippen molar-refractivity contribution in [3.63, 3.8) is 0 Å². The summed E-state index contributed by atoms with van der Waals surface area (Å²) in [5.41, 5.74) is 0.824. The number of non-ortho nitro benzene ring substituents is 1. The van der Waals surface area contributed by atoms with Gasteiger partial charge >= 0.3 is 0 Å². The van der Waals surface area contributed by atoms with Crippen LogP contribution < -0.4 is 4.90 Å². The van der Waals surface area contributed by atoms with Crippen molar-refractivity contribution in [3.05, 3.63) is 40.4 Å². The first kappa shape index (κ1) is 13.5. The SMILES string of the molecule is O=[N+]([O-])c1cccc2nc(N3CCN4CCC3CC4)ccc12. The lowest BCUT2D eigenvalue weighted by molar-refractivity contribution is -0.383. The van der Waals surface area contributed by atoms with Crippen LogP contribution in [-0.2, 0) is 0 Å². The average Bonchev–Trinajstić information content (AvgIpc) is 2.87. The minimum Gasteiger partial charge on any atom is -0.352 e. The molecule has 0 N–H and O–H groups in total. The van der Waals surface area contributed by atoms with Crippen molar-refractivity contribution in [2.75, 3.05) is 31.1 Å². The molecular formula is C16H18N4O2. The van der Waals surface area contributed by atoms with Crippen molar-refractivity contribution in [1.82, 2.24) is 9.88 Å². The quantitative estimate of drug-likeness (QED) is 0.629. The summed E-state index contributed by atoms with van der Waals surface area (Å²) in [6.45, 7) is 4.39. The smallest absolute Gasteiger partial charge is 0.278 e. The molecule has 3 aliphatic rings. The second-order valence-corrected chi connectivity index (χ2v) is 6.04. The Morgan fingerprint density at radius 3 is 2.68 bits per heavy atom. The Kier molecular flexibility index (Phi) is 3.18. The molecule has 3 saturated heterocycles. The van der Waals surface area contributed by atoms with E-state index in [2.05, 4.69) is 9.80 Å². The van der Waals surface area contributed by atoms with E-state index in [1.54, 1.807) is 6.07 Å². The van der Waals surface area contributed by atoms with Gasteiger partial charge in [-0.25, -0.2) is 4.98 Å². The molecule has 0 aliphatic carbocycles. The van der Waals surface area contributed by atoms with Gasteiger partial charge < -0.3 is 9.80 Å². The number of nitrogens with zero attached hydrogens (tertiary/aromatic N) is 4. The number of benzene rings is 1. The van der Waals surface area contributed by atoms with Crippen LogP contribution >= 0.6 is 0 Å². The maximum absolute atomic E-state index is 11.1. The highest BCUT2D eigenvalue weighted by atomic mass is 16.6. The second kappa shape index (κ2) is 5.21. The molecule has 3 fully saturated rings. The van der Waals surface area contributed by atoms with Crippen molar-refractivity contribution in [3.8, 4) is 0 Å². The van der Waals surface area contributed by atoms with Gasteiger partial charge in [-0.1, -0.05) is 6.07 Å². The third-order valence-corrected chi connectivity index (χ3v) is 4.84. The molecule has 6 heteroatoms. The number of hydrogen-bond donors (Lipinski definition) is 0. The van der Waals surface area contributed by atoms with Crippen LogP contribution in [0, 0.1) is 10.1 Å². The predicted octanol–water partition coefficient (Wildman–Crippen LogP) is 2.43. The molecule has 0 atom stereocenters. The number of piperidine rings is 1. The molecule has 22 heavy (non-hydrogen) atoms. The highest BCUT2D eigenvalue weighted by molar-refractivity contribution is 5.89. The molecule has 0 amide bonds. The minimum absolute atomic E-state index is 0.124. The summed E-state index contributed by atoms with van der Waals surface area (Å²) in [4.78, 5) is 20.4. The molecular weight excluding hydrogens is 280 g/mol. The molecule has 6 nitrogen and oxygen atoms in total. The van der Waals surface area contributed by atoms with E-state index in [-0.39, 0.29) is 10.6 Å². The number of aromatic nitrogens is 1. The van der Waals surface area contributed by atoms with Crippen LogP contribution in [0.1, 0.15) is 12.8 Å². The van der Waals surface area contributed by atoms with Crippen LogP contribution in [0.15, 0.2) is 30.3 Å². The Labute approximate surface area is 128 Å². The zero-order valence-electron chi connectivity index (χ0n) is 12.3. The minimum atomic E-state index is -0.343. The zero-order valence-corrected chi connectivity index (χ0v) is 12.3. The molecule has 2 bridgehead atoms. The van der Waals surface area contributed by atoms with Crippen LogP contribution in [0.5, 0.6) is 0 Å². The van der Waals surface area contributed by atoms with Gasteiger partial charge in [0.25, 0.3) is 5.69 Å². The van der Waals surface area contributed by atoms with Gasteiger partial charge in [0.15, 0.2) is 0 Å². The van der Waals surface area contributed by atoms with Crippen LogP contribution in [0.3, 0.4) is 0 Å². The van der Waals surface area contributed by atoms with Crippen LogP contribution in [0.25, 0.3) is 10.9 Å². The Morgan fingerprint density at radius 1 is 1.09 bits per heavy atom. The molecule has 5 rings (SSSR count). The Bertz CT molecular complexity index is 725. The summed E-state index contributed by atoms with van der Waals surface area (Å²) >= 11 is 0. The van der Waals surface area contributed by atoms with E-state index >= 15 is 0 Å². The molecule has 0 radical (unpaired) electrons. The van der Waals surface area contributed by atoms with Gasteiger partial charge in [-0.2, -0.15) is 0 Å². The van der Waals surface area contributed by atoms with Gasteiger partial charge in [-0.05, 0) is 31.0 Å². The largest absolute Gasteiger partial charge is 0.352 e. The number of fused-ring (bicyclic) bond motifs is 5. The summed E-state index contributed by atoms with van der Waals surface area (Å²) < 4.78 is 0. The van der Waals surface area contributed by atoms with E-state index < -0.39 is 0 Å². The second-order valence-electron chi connectivity index (χ2n) is 6.04. The molecule has 1 aromatic heterocycles. The number of nitro groups is 1. The first-order valence-electron chi connectivity index (χ1n) is 7.75. The predicted molar refractivity (Wildman–Crippen MR) is 85.2 cm³/mol. The molecule has 3 aliphatic heterocycles. The molecule has 0 spiro atoms. The Hall–Kier alpha value is -2.21. The maximum Gasteiger partial charge on any atom is 0.278 e. The molecule has 1 aromatic carbocycles. The van der Waals surface area contributed by atoms with E-state index in [1.807, 2.05) is 18.2 Å². The van der Waals surface area contributed by atoms with E-state index in [9.17, 15) is 10.1 Å². The fraction of sp³-hybridized carbons (Fsp3) is 0.438. The number of pyridine rings is 1. The highest BCUT2D eigenvalue weighted by Crippen LogP contribution is 2.29. The van der Waals surface area contributed by atoms with Crippen molar-refractivity contribution >= 4 is 22.4 Å². The lowest BCUT2D eigenvalue weighted by atomic mass is 10.1. The van der Waals surface area contributed by atoms with Crippen LogP contribution in [0.4, 0.5) is 11.5 Å². The van der Waals surface area contributed by atoms with Crippen LogP contribution in [-0.4, -0.2) is 47.0 Å². The first-order valence-corrected chi connectivity index (χ1v) is 7.75. The molecule has 0 unspecified atom stereocenters. The summed E-state index contributed by atoms with van der Waals surface area (Å²) in [6.07, 6.45) is 2.35. The molecule has 114 valence electrons. The standard InChI is InChI=1S/C16H18N4O2/c21-20(22)15-3-1-2-14-13(15)4-5-16(17-14)19-11-10-18-8-6-12(19)7-9-18/h1-5,12H,6-11H2. The molecule has 0 saturated carbocycles. The third kappa shape index (κ3) is 2.20. The van der Waals surface area contributed by atoms with E-state index in [1.165, 1.54) is 32.0 Å². The molecule has 2 aromatic rings. The summed E-state index contributed by atoms with van der Waals surface area (Å²) in [5.74, 6) is 0.946. The molecule has 4 heterocycles. The van der Waals surface area contributed by atoms with Gasteiger partial charge in [0.1, 0.15) is 5.82 Å². The Balaban J connectivity index is 1.75. The fourth-order valence-corrected chi connectivity index (χ4v) is 3.64. The maximum atomic E-state index is 11.1. The van der Waals surface area contributed by atoms with Crippen molar-refractivity contribution in [2.24, 2.45) is 0 Å². The number of nitro benzene ring substituents is 1. The van der Waals surface area contributed by atoms with E-state index in [4.69, 9.17) is 4.98 Å². The third-order valence-electron chi connectivity index (χ3n) is 4.84. The number of anilines is 1. The topological polar surface area (TPSA) is 62.5 Å².